The van der Waals surface area contributed by atoms with Gasteiger partial charge in [0.1, 0.15) is 0 Å². The van der Waals surface area contributed by atoms with Gasteiger partial charge in [0.15, 0.2) is 0 Å². The van der Waals surface area contributed by atoms with Crippen LogP contribution >= 0.6 is 0 Å². The average Bonchev–Trinajstić information content (AvgIpc) is 2.27. The lowest BCUT2D eigenvalue weighted by atomic mass is 9.89. The Morgan fingerprint density at radius 3 is 2.14 bits per heavy atom. The fourth-order valence-corrected chi connectivity index (χ4v) is 3.39. The smallest absolute Gasteiger partial charge is 0.209 e. The van der Waals surface area contributed by atoms with Gasteiger partial charge in [-0.1, -0.05) is 45.4 Å². The number of hydrogen-bond acceptors (Lipinski definition) is 2. The Bertz CT molecular complexity index is 253. The van der Waals surface area contributed by atoms with E-state index in [9.17, 15) is 8.42 Å². The lowest BCUT2D eigenvalue weighted by molar-refractivity contribution is 0.343. The summed E-state index contributed by atoms with van der Waals surface area (Å²) < 4.78 is 21.9. The first kappa shape index (κ1) is 12.0. The molecule has 1 fully saturated rings. The molecule has 1 aliphatic carbocycles. The maximum absolute atomic E-state index is 10.9. The van der Waals surface area contributed by atoms with Crippen LogP contribution in [0.1, 0.15) is 45.4 Å². The van der Waals surface area contributed by atoms with Crippen molar-refractivity contribution in [2.24, 2.45) is 17.0 Å². The Labute approximate surface area is 87.1 Å². The second-order valence-corrected chi connectivity index (χ2v) is 6.22. The second-order valence-electron chi connectivity index (χ2n) is 4.56. The molecular formula is C10H21NO2S. The number of sulfonamides is 1. The molecule has 1 saturated carbocycles. The van der Waals surface area contributed by atoms with Crippen molar-refractivity contribution >= 4 is 10.0 Å². The molecule has 1 unspecified atom stereocenters. The maximum atomic E-state index is 10.9. The van der Waals surface area contributed by atoms with E-state index in [2.05, 4.69) is 0 Å². The van der Waals surface area contributed by atoms with Crippen molar-refractivity contribution in [1.29, 1.82) is 0 Å². The van der Waals surface area contributed by atoms with Crippen molar-refractivity contribution in [3.05, 3.63) is 0 Å². The molecule has 2 N–H and O–H groups in total. The first-order valence-electron chi connectivity index (χ1n) is 5.49. The van der Waals surface area contributed by atoms with E-state index in [0.717, 1.165) is 0 Å². The summed E-state index contributed by atoms with van der Waals surface area (Å²) in [7, 11) is -3.28. The summed E-state index contributed by atoms with van der Waals surface area (Å²) in [5, 5.41) is 5.05. The van der Waals surface area contributed by atoms with Crippen LogP contribution in [0.5, 0.6) is 0 Å². The van der Waals surface area contributed by atoms with Crippen LogP contribution in [-0.2, 0) is 10.0 Å². The van der Waals surface area contributed by atoms with Crippen molar-refractivity contribution in [1.82, 2.24) is 0 Å². The van der Waals surface area contributed by atoms with E-state index in [1.54, 1.807) is 0 Å². The third kappa shape index (κ3) is 4.42. The molecule has 0 saturated heterocycles. The topological polar surface area (TPSA) is 60.2 Å². The maximum Gasteiger partial charge on any atom is 0.209 e. The monoisotopic (exact) mass is 219 g/mol. The van der Waals surface area contributed by atoms with E-state index in [0.29, 0.717) is 5.92 Å². The predicted molar refractivity (Wildman–Crippen MR) is 58.3 cm³/mol. The fraction of sp³-hybridized carbons (Fsp3) is 1.00. The fourth-order valence-electron chi connectivity index (χ4n) is 2.38. The molecule has 0 aliphatic heterocycles. The van der Waals surface area contributed by atoms with Gasteiger partial charge in [-0.2, -0.15) is 0 Å². The number of primary sulfonamides is 1. The van der Waals surface area contributed by atoms with Gasteiger partial charge in [0.05, 0.1) is 5.75 Å². The molecule has 4 heteroatoms. The molecule has 14 heavy (non-hydrogen) atoms. The molecule has 0 radical (unpaired) electrons. The molecule has 0 aromatic heterocycles. The minimum absolute atomic E-state index is 0.150. The van der Waals surface area contributed by atoms with Crippen LogP contribution in [0, 0.1) is 11.8 Å². The Hall–Kier alpha value is -0.0900. The van der Waals surface area contributed by atoms with Gasteiger partial charge in [0.25, 0.3) is 0 Å². The van der Waals surface area contributed by atoms with Crippen molar-refractivity contribution in [2.75, 3.05) is 5.75 Å². The van der Waals surface area contributed by atoms with Crippen LogP contribution in [0.15, 0.2) is 0 Å². The molecule has 0 spiro atoms. The summed E-state index contributed by atoms with van der Waals surface area (Å²) in [5.41, 5.74) is 0. The van der Waals surface area contributed by atoms with Gasteiger partial charge in [0, 0.05) is 0 Å². The normalized spacial score (nSPS) is 23.0. The number of rotatable bonds is 3. The standard InChI is InChI=1S/C10H21NO2S/c1-9(8-14(11,12)13)10-6-4-2-3-5-7-10/h9-10H,2-8H2,1H3,(H2,11,12,13). The van der Waals surface area contributed by atoms with Gasteiger partial charge in [-0.15, -0.1) is 0 Å². The van der Waals surface area contributed by atoms with E-state index in [1.165, 1.54) is 38.5 Å². The molecule has 0 amide bonds. The molecule has 0 heterocycles. The number of hydrogen-bond donors (Lipinski definition) is 1. The predicted octanol–water partition coefficient (Wildman–Crippen LogP) is 1.88. The Morgan fingerprint density at radius 1 is 1.21 bits per heavy atom. The van der Waals surface area contributed by atoms with E-state index in [1.807, 2.05) is 6.92 Å². The molecule has 1 aliphatic rings. The largest absolute Gasteiger partial charge is 0.229 e. The molecule has 1 rings (SSSR count). The van der Waals surface area contributed by atoms with E-state index in [-0.39, 0.29) is 11.7 Å². The number of nitrogens with two attached hydrogens (primary N) is 1. The molecule has 0 aromatic carbocycles. The molecule has 1 atom stereocenters. The Kier molecular flexibility index (Phi) is 4.38. The van der Waals surface area contributed by atoms with Gasteiger partial charge in [-0.25, -0.2) is 13.6 Å². The van der Waals surface area contributed by atoms with Crippen LogP contribution in [0.4, 0.5) is 0 Å². The first-order chi connectivity index (χ1) is 6.49. The third-order valence-corrected chi connectivity index (χ3v) is 4.19. The van der Waals surface area contributed by atoms with Crippen LogP contribution in [-0.4, -0.2) is 14.2 Å². The van der Waals surface area contributed by atoms with E-state index in [4.69, 9.17) is 5.14 Å². The molecular weight excluding hydrogens is 198 g/mol. The minimum atomic E-state index is -3.28. The van der Waals surface area contributed by atoms with Crippen molar-refractivity contribution < 1.29 is 8.42 Å². The van der Waals surface area contributed by atoms with Crippen molar-refractivity contribution in [3.63, 3.8) is 0 Å². The van der Waals surface area contributed by atoms with Crippen LogP contribution in [0.3, 0.4) is 0 Å². The highest BCUT2D eigenvalue weighted by Crippen LogP contribution is 2.29. The SMILES string of the molecule is CC(CS(N)(=O)=O)C1CCCCCC1. The van der Waals surface area contributed by atoms with Gasteiger partial charge in [-0.3, -0.25) is 0 Å². The van der Waals surface area contributed by atoms with Crippen molar-refractivity contribution in [3.8, 4) is 0 Å². The van der Waals surface area contributed by atoms with Gasteiger partial charge in [-0.05, 0) is 11.8 Å². The highest BCUT2D eigenvalue weighted by molar-refractivity contribution is 7.89. The molecule has 0 aromatic rings. The molecule has 3 nitrogen and oxygen atoms in total. The summed E-state index contributed by atoms with van der Waals surface area (Å²) in [6.07, 6.45) is 7.46. The molecule has 84 valence electrons. The van der Waals surface area contributed by atoms with E-state index >= 15 is 0 Å². The Morgan fingerprint density at radius 2 is 1.71 bits per heavy atom. The zero-order chi connectivity index (χ0) is 10.6. The quantitative estimate of drug-likeness (QED) is 0.737. The zero-order valence-corrected chi connectivity index (χ0v) is 9.72. The zero-order valence-electron chi connectivity index (χ0n) is 8.91. The third-order valence-electron chi connectivity index (χ3n) is 3.20. The van der Waals surface area contributed by atoms with E-state index < -0.39 is 10.0 Å². The molecule has 0 bridgehead atoms. The Balaban J connectivity index is 2.45. The van der Waals surface area contributed by atoms with Crippen LogP contribution in [0.2, 0.25) is 0 Å². The summed E-state index contributed by atoms with van der Waals surface area (Å²) in [5.74, 6) is 0.941. The van der Waals surface area contributed by atoms with Crippen molar-refractivity contribution in [2.45, 2.75) is 45.4 Å². The van der Waals surface area contributed by atoms with Crippen LogP contribution in [0.25, 0.3) is 0 Å². The lowest BCUT2D eigenvalue weighted by Crippen LogP contribution is -2.26. The highest BCUT2D eigenvalue weighted by Gasteiger charge is 2.22. The van der Waals surface area contributed by atoms with Crippen LogP contribution < -0.4 is 5.14 Å². The van der Waals surface area contributed by atoms with Gasteiger partial charge in [0.2, 0.25) is 10.0 Å². The minimum Gasteiger partial charge on any atom is -0.229 e. The summed E-state index contributed by atoms with van der Waals surface area (Å²) in [6.45, 7) is 2.01. The van der Waals surface area contributed by atoms with Gasteiger partial charge >= 0.3 is 0 Å². The lowest BCUT2D eigenvalue weighted by Gasteiger charge is -2.21. The summed E-state index contributed by atoms with van der Waals surface area (Å²) >= 11 is 0. The second kappa shape index (κ2) is 5.12. The average molecular weight is 219 g/mol. The summed E-state index contributed by atoms with van der Waals surface area (Å²) in [4.78, 5) is 0. The highest BCUT2D eigenvalue weighted by atomic mass is 32.2. The van der Waals surface area contributed by atoms with Gasteiger partial charge < -0.3 is 0 Å². The summed E-state index contributed by atoms with van der Waals surface area (Å²) in [6, 6.07) is 0. The first-order valence-corrected chi connectivity index (χ1v) is 7.21.